The molecular weight excluding hydrogens is 324 g/mol. The number of hydrogen-bond acceptors (Lipinski definition) is 3. The summed E-state index contributed by atoms with van der Waals surface area (Å²) in [7, 11) is 1.64. The minimum Gasteiger partial charge on any atom is -0.497 e. The zero-order chi connectivity index (χ0) is 18.7. The highest BCUT2D eigenvalue weighted by Crippen LogP contribution is 2.28. The number of benzene rings is 2. The number of rotatable bonds is 5. The van der Waals surface area contributed by atoms with Gasteiger partial charge in [-0.3, -0.25) is 4.79 Å². The first kappa shape index (κ1) is 17.9. The van der Waals surface area contributed by atoms with Crippen LogP contribution in [0.3, 0.4) is 0 Å². The van der Waals surface area contributed by atoms with Gasteiger partial charge in [-0.25, -0.2) is 4.98 Å². The molecule has 0 radical (unpaired) electrons. The predicted molar refractivity (Wildman–Crippen MR) is 106 cm³/mol. The molecule has 0 aliphatic rings. The molecule has 3 rings (SSSR count). The number of carbonyl (C=O) groups excluding carboxylic acids is 1. The average molecular weight is 348 g/mol. The Hall–Kier alpha value is -2.88. The molecule has 3 aromatic rings. The van der Waals surface area contributed by atoms with Crippen molar-refractivity contribution >= 4 is 16.8 Å². The smallest absolute Gasteiger partial charge is 0.252 e. The van der Waals surface area contributed by atoms with Gasteiger partial charge in [-0.1, -0.05) is 30.7 Å². The van der Waals surface area contributed by atoms with Gasteiger partial charge >= 0.3 is 0 Å². The third-order valence-electron chi connectivity index (χ3n) is 4.56. The molecule has 0 fully saturated rings. The number of fused-ring (bicyclic) bond motifs is 1. The van der Waals surface area contributed by atoms with Crippen LogP contribution in [0.25, 0.3) is 22.2 Å². The Labute approximate surface area is 154 Å². The Bertz CT molecular complexity index is 950. The first-order valence-corrected chi connectivity index (χ1v) is 8.88. The molecule has 1 atom stereocenters. The van der Waals surface area contributed by atoms with E-state index in [9.17, 15) is 4.79 Å². The number of ether oxygens (including phenoxy) is 1. The monoisotopic (exact) mass is 348 g/mol. The van der Waals surface area contributed by atoms with Gasteiger partial charge in [0.2, 0.25) is 0 Å². The van der Waals surface area contributed by atoms with Crippen LogP contribution in [0.1, 0.15) is 36.2 Å². The summed E-state index contributed by atoms with van der Waals surface area (Å²) in [5.41, 5.74) is 4.24. The molecule has 0 aliphatic heterocycles. The molecule has 26 heavy (non-hydrogen) atoms. The van der Waals surface area contributed by atoms with E-state index in [0.29, 0.717) is 5.56 Å². The highest BCUT2D eigenvalue weighted by Gasteiger charge is 2.16. The molecule has 0 aliphatic carbocycles. The van der Waals surface area contributed by atoms with Crippen molar-refractivity contribution in [2.45, 2.75) is 33.2 Å². The van der Waals surface area contributed by atoms with Crippen LogP contribution in [-0.4, -0.2) is 24.0 Å². The standard InChI is InChI=1S/C22H24N2O2/c1-5-15(3)23-22(25)19-13-21(16-7-6-8-17(12-16)26-4)24-20-10-9-14(2)11-18(19)20/h6-13,15H,5H2,1-4H3,(H,23,25)/t15-/m0/s1. The number of aromatic nitrogens is 1. The van der Waals surface area contributed by atoms with Gasteiger partial charge in [0.25, 0.3) is 5.91 Å². The van der Waals surface area contributed by atoms with Crippen LogP contribution < -0.4 is 10.1 Å². The number of pyridine rings is 1. The Morgan fingerprint density at radius 3 is 2.73 bits per heavy atom. The van der Waals surface area contributed by atoms with Gasteiger partial charge in [-0.05, 0) is 50.6 Å². The maximum atomic E-state index is 12.9. The van der Waals surface area contributed by atoms with Crippen molar-refractivity contribution in [2.24, 2.45) is 0 Å². The summed E-state index contributed by atoms with van der Waals surface area (Å²) in [6, 6.07) is 15.7. The molecule has 1 N–H and O–H groups in total. The lowest BCUT2D eigenvalue weighted by Crippen LogP contribution is -2.32. The second-order valence-electron chi connectivity index (χ2n) is 6.59. The molecule has 1 aromatic heterocycles. The molecule has 0 saturated carbocycles. The lowest BCUT2D eigenvalue weighted by atomic mass is 10.0. The summed E-state index contributed by atoms with van der Waals surface area (Å²) >= 11 is 0. The molecule has 4 heteroatoms. The fourth-order valence-corrected chi connectivity index (χ4v) is 2.86. The van der Waals surface area contributed by atoms with E-state index in [1.54, 1.807) is 7.11 Å². The van der Waals surface area contributed by atoms with Crippen LogP contribution in [0.15, 0.2) is 48.5 Å². The fraction of sp³-hybridized carbons (Fsp3) is 0.273. The normalized spacial score (nSPS) is 12.0. The van der Waals surface area contributed by atoms with Crippen molar-refractivity contribution in [1.82, 2.24) is 10.3 Å². The van der Waals surface area contributed by atoms with Crippen LogP contribution in [-0.2, 0) is 0 Å². The number of aryl methyl sites for hydroxylation is 1. The molecule has 0 unspecified atom stereocenters. The summed E-state index contributed by atoms with van der Waals surface area (Å²) in [6.07, 6.45) is 0.885. The van der Waals surface area contributed by atoms with E-state index in [-0.39, 0.29) is 11.9 Å². The topological polar surface area (TPSA) is 51.2 Å². The van der Waals surface area contributed by atoms with Gasteiger partial charge in [0.1, 0.15) is 5.75 Å². The van der Waals surface area contributed by atoms with Gasteiger partial charge in [-0.15, -0.1) is 0 Å². The minimum absolute atomic E-state index is 0.0681. The van der Waals surface area contributed by atoms with Crippen LogP contribution in [0.5, 0.6) is 5.75 Å². The Morgan fingerprint density at radius 1 is 1.19 bits per heavy atom. The lowest BCUT2D eigenvalue weighted by molar-refractivity contribution is 0.0941. The van der Waals surface area contributed by atoms with E-state index in [4.69, 9.17) is 9.72 Å². The Kier molecular flexibility index (Phi) is 5.21. The molecular formula is C22H24N2O2. The molecule has 1 amide bonds. The van der Waals surface area contributed by atoms with E-state index in [1.807, 2.05) is 62.4 Å². The third kappa shape index (κ3) is 3.69. The lowest BCUT2D eigenvalue weighted by Gasteiger charge is -2.14. The van der Waals surface area contributed by atoms with Gasteiger partial charge in [0.05, 0.1) is 23.9 Å². The second kappa shape index (κ2) is 7.56. The molecule has 1 heterocycles. The summed E-state index contributed by atoms with van der Waals surface area (Å²) in [5.74, 6) is 0.695. The maximum Gasteiger partial charge on any atom is 0.252 e. The van der Waals surface area contributed by atoms with Crippen LogP contribution >= 0.6 is 0 Å². The summed E-state index contributed by atoms with van der Waals surface area (Å²) in [4.78, 5) is 17.7. The zero-order valence-corrected chi connectivity index (χ0v) is 15.7. The van der Waals surface area contributed by atoms with Gasteiger partial charge in [-0.2, -0.15) is 0 Å². The summed E-state index contributed by atoms with van der Waals surface area (Å²) in [5, 5.41) is 3.94. The molecule has 134 valence electrons. The minimum atomic E-state index is -0.0681. The first-order valence-electron chi connectivity index (χ1n) is 8.88. The number of amides is 1. The molecule has 2 aromatic carbocycles. The molecule has 0 saturated heterocycles. The number of hydrogen-bond donors (Lipinski definition) is 1. The van der Waals surface area contributed by atoms with E-state index in [0.717, 1.165) is 39.9 Å². The van der Waals surface area contributed by atoms with Crippen LogP contribution in [0.4, 0.5) is 0 Å². The fourth-order valence-electron chi connectivity index (χ4n) is 2.86. The van der Waals surface area contributed by atoms with Crippen molar-refractivity contribution in [3.8, 4) is 17.0 Å². The molecule has 0 bridgehead atoms. The maximum absolute atomic E-state index is 12.9. The van der Waals surface area contributed by atoms with Crippen molar-refractivity contribution < 1.29 is 9.53 Å². The SMILES string of the molecule is CC[C@H](C)NC(=O)c1cc(-c2cccc(OC)c2)nc2ccc(C)cc12. The van der Waals surface area contributed by atoms with Gasteiger partial charge in [0, 0.05) is 17.0 Å². The summed E-state index contributed by atoms with van der Waals surface area (Å²) in [6.45, 7) is 6.09. The van der Waals surface area contributed by atoms with Gasteiger partial charge in [0.15, 0.2) is 0 Å². The largest absolute Gasteiger partial charge is 0.497 e. The van der Waals surface area contributed by atoms with E-state index < -0.39 is 0 Å². The number of nitrogens with one attached hydrogen (secondary N) is 1. The number of nitrogens with zero attached hydrogens (tertiary/aromatic N) is 1. The van der Waals surface area contributed by atoms with Crippen molar-refractivity contribution in [2.75, 3.05) is 7.11 Å². The number of carbonyl (C=O) groups is 1. The van der Waals surface area contributed by atoms with E-state index in [2.05, 4.69) is 12.2 Å². The van der Waals surface area contributed by atoms with Crippen LogP contribution in [0.2, 0.25) is 0 Å². The summed E-state index contributed by atoms with van der Waals surface area (Å²) < 4.78 is 5.32. The second-order valence-corrected chi connectivity index (χ2v) is 6.59. The highest BCUT2D eigenvalue weighted by molar-refractivity contribution is 6.07. The average Bonchev–Trinajstić information content (AvgIpc) is 2.66. The highest BCUT2D eigenvalue weighted by atomic mass is 16.5. The van der Waals surface area contributed by atoms with Crippen molar-refractivity contribution in [3.05, 3.63) is 59.7 Å². The Balaban J connectivity index is 2.17. The first-order chi connectivity index (χ1) is 12.5. The van der Waals surface area contributed by atoms with Crippen molar-refractivity contribution in [1.29, 1.82) is 0 Å². The zero-order valence-electron chi connectivity index (χ0n) is 15.7. The Morgan fingerprint density at radius 2 is 2.00 bits per heavy atom. The number of methoxy groups -OCH3 is 1. The van der Waals surface area contributed by atoms with E-state index in [1.165, 1.54) is 0 Å². The predicted octanol–water partition coefficient (Wildman–Crippen LogP) is 4.75. The van der Waals surface area contributed by atoms with Crippen molar-refractivity contribution in [3.63, 3.8) is 0 Å². The van der Waals surface area contributed by atoms with Crippen LogP contribution in [0, 0.1) is 6.92 Å². The molecule has 4 nitrogen and oxygen atoms in total. The van der Waals surface area contributed by atoms with E-state index >= 15 is 0 Å². The van der Waals surface area contributed by atoms with Gasteiger partial charge < -0.3 is 10.1 Å². The molecule has 0 spiro atoms. The quantitative estimate of drug-likeness (QED) is 0.724. The third-order valence-corrected chi connectivity index (χ3v) is 4.56.